The third-order valence-electron chi connectivity index (χ3n) is 2.99. The molecule has 0 radical (unpaired) electrons. The Morgan fingerprint density at radius 1 is 1.14 bits per heavy atom. The van der Waals surface area contributed by atoms with Gasteiger partial charge in [-0.2, -0.15) is 0 Å². The first-order chi connectivity index (χ1) is 10.6. The van der Waals surface area contributed by atoms with E-state index in [0.29, 0.717) is 13.0 Å². The number of halogens is 2. The summed E-state index contributed by atoms with van der Waals surface area (Å²) in [6.07, 6.45) is 0.578. The summed E-state index contributed by atoms with van der Waals surface area (Å²) in [7, 11) is 1.58. The molecular formula is C16H16F2N2O2. The molecule has 116 valence electrons. The van der Waals surface area contributed by atoms with Gasteiger partial charge in [-0.15, -0.1) is 0 Å². The second-order valence-electron chi connectivity index (χ2n) is 4.60. The maximum atomic E-state index is 13.0. The fourth-order valence-electron chi connectivity index (χ4n) is 2.02. The summed E-state index contributed by atoms with van der Waals surface area (Å²) < 4.78 is 31.2. The van der Waals surface area contributed by atoms with Gasteiger partial charge >= 0.3 is 6.03 Å². The first kappa shape index (κ1) is 15.8. The van der Waals surface area contributed by atoms with Crippen LogP contribution in [0.1, 0.15) is 5.56 Å². The fraction of sp³-hybridized carbons (Fsp3) is 0.188. The molecule has 2 aromatic carbocycles. The van der Waals surface area contributed by atoms with Crippen LogP contribution >= 0.6 is 0 Å². The first-order valence-electron chi connectivity index (χ1n) is 6.71. The molecule has 0 saturated carbocycles. The minimum atomic E-state index is -0.746. The van der Waals surface area contributed by atoms with Gasteiger partial charge in [-0.3, -0.25) is 0 Å². The number of carbonyl (C=O) groups excluding carboxylic acids is 1. The van der Waals surface area contributed by atoms with E-state index in [9.17, 15) is 13.6 Å². The Hall–Kier alpha value is -2.63. The Morgan fingerprint density at radius 2 is 1.82 bits per heavy atom. The van der Waals surface area contributed by atoms with Crippen LogP contribution < -0.4 is 15.4 Å². The molecule has 4 nitrogen and oxygen atoms in total. The Balaban J connectivity index is 1.85. The van der Waals surface area contributed by atoms with Crippen molar-refractivity contribution >= 4 is 11.7 Å². The van der Waals surface area contributed by atoms with Gasteiger partial charge in [0.05, 0.1) is 7.11 Å². The van der Waals surface area contributed by atoms with Crippen LogP contribution in [0.15, 0.2) is 42.5 Å². The average Bonchev–Trinajstić information content (AvgIpc) is 2.46. The van der Waals surface area contributed by atoms with Crippen LogP contribution in [-0.2, 0) is 6.42 Å². The lowest BCUT2D eigenvalue weighted by atomic mass is 10.1. The van der Waals surface area contributed by atoms with E-state index in [0.717, 1.165) is 29.5 Å². The quantitative estimate of drug-likeness (QED) is 0.890. The number of benzene rings is 2. The van der Waals surface area contributed by atoms with Gasteiger partial charge in [-0.05, 0) is 30.2 Å². The number of ether oxygens (including phenoxy) is 1. The molecule has 2 amide bonds. The van der Waals surface area contributed by atoms with Gasteiger partial charge in [0.25, 0.3) is 0 Å². The Morgan fingerprint density at radius 3 is 2.50 bits per heavy atom. The van der Waals surface area contributed by atoms with Crippen molar-refractivity contribution in [1.82, 2.24) is 5.32 Å². The standard InChI is InChI=1S/C16H16F2N2O2/c1-22-15-5-3-2-4-11(15)6-7-19-16(21)20-14-9-12(17)8-13(18)10-14/h2-5,8-10H,6-7H2,1H3,(H2,19,20,21). The van der Waals surface area contributed by atoms with E-state index in [-0.39, 0.29) is 5.69 Å². The van der Waals surface area contributed by atoms with Gasteiger partial charge in [0.1, 0.15) is 17.4 Å². The Kier molecular flexibility index (Phi) is 5.30. The molecule has 0 aliphatic heterocycles. The lowest BCUT2D eigenvalue weighted by Crippen LogP contribution is -2.30. The number of nitrogens with one attached hydrogen (secondary N) is 2. The molecule has 6 heteroatoms. The second kappa shape index (κ2) is 7.40. The summed E-state index contributed by atoms with van der Waals surface area (Å²) in [5, 5.41) is 5.00. The number of methoxy groups -OCH3 is 1. The summed E-state index contributed by atoms with van der Waals surface area (Å²) in [5.74, 6) is -0.745. The molecule has 0 fully saturated rings. The maximum absolute atomic E-state index is 13.0. The summed E-state index contributed by atoms with van der Waals surface area (Å²) in [5.41, 5.74) is 1.02. The number of urea groups is 1. The SMILES string of the molecule is COc1ccccc1CCNC(=O)Nc1cc(F)cc(F)c1. The van der Waals surface area contributed by atoms with Crippen LogP contribution in [0, 0.1) is 11.6 Å². The molecule has 0 aliphatic carbocycles. The Labute approximate surface area is 127 Å². The second-order valence-corrected chi connectivity index (χ2v) is 4.60. The molecule has 0 unspecified atom stereocenters. The van der Waals surface area contributed by atoms with Gasteiger partial charge in [0, 0.05) is 18.3 Å². The van der Waals surface area contributed by atoms with Crippen LogP contribution in [0.2, 0.25) is 0 Å². The number of para-hydroxylation sites is 1. The van der Waals surface area contributed by atoms with E-state index >= 15 is 0 Å². The fourth-order valence-corrected chi connectivity index (χ4v) is 2.02. The van der Waals surface area contributed by atoms with E-state index in [2.05, 4.69) is 10.6 Å². The highest BCUT2D eigenvalue weighted by Gasteiger charge is 2.06. The number of hydrogen-bond acceptors (Lipinski definition) is 2. The van der Waals surface area contributed by atoms with Crippen molar-refractivity contribution in [2.24, 2.45) is 0 Å². The van der Waals surface area contributed by atoms with Crippen LogP contribution in [-0.4, -0.2) is 19.7 Å². The highest BCUT2D eigenvalue weighted by atomic mass is 19.1. The lowest BCUT2D eigenvalue weighted by molar-refractivity contribution is 0.252. The smallest absolute Gasteiger partial charge is 0.319 e. The monoisotopic (exact) mass is 306 g/mol. The van der Waals surface area contributed by atoms with Crippen molar-refractivity contribution in [3.05, 3.63) is 59.7 Å². The molecular weight excluding hydrogens is 290 g/mol. The predicted octanol–water partition coefficient (Wildman–Crippen LogP) is 3.34. The average molecular weight is 306 g/mol. The van der Waals surface area contributed by atoms with E-state index in [1.807, 2.05) is 24.3 Å². The third kappa shape index (κ3) is 4.44. The van der Waals surface area contributed by atoms with Gasteiger partial charge in [-0.25, -0.2) is 13.6 Å². The minimum Gasteiger partial charge on any atom is -0.496 e. The molecule has 0 spiro atoms. The molecule has 22 heavy (non-hydrogen) atoms. The highest BCUT2D eigenvalue weighted by Crippen LogP contribution is 2.17. The molecule has 2 N–H and O–H groups in total. The van der Waals surface area contributed by atoms with E-state index in [4.69, 9.17) is 4.74 Å². The molecule has 0 aliphatic rings. The van der Waals surface area contributed by atoms with Crippen molar-refractivity contribution in [2.75, 3.05) is 19.0 Å². The summed E-state index contributed by atoms with van der Waals surface area (Å²) >= 11 is 0. The third-order valence-corrected chi connectivity index (χ3v) is 2.99. The molecule has 0 bridgehead atoms. The molecule has 0 atom stereocenters. The first-order valence-corrected chi connectivity index (χ1v) is 6.71. The topological polar surface area (TPSA) is 50.4 Å². The van der Waals surface area contributed by atoms with Crippen LogP contribution in [0.3, 0.4) is 0 Å². The zero-order valence-electron chi connectivity index (χ0n) is 12.0. The summed E-state index contributed by atoms with van der Waals surface area (Å²) in [6.45, 7) is 0.365. The lowest BCUT2D eigenvalue weighted by Gasteiger charge is -2.10. The number of hydrogen-bond donors (Lipinski definition) is 2. The number of rotatable bonds is 5. The largest absolute Gasteiger partial charge is 0.496 e. The van der Waals surface area contributed by atoms with Gasteiger partial charge < -0.3 is 15.4 Å². The van der Waals surface area contributed by atoms with E-state index in [1.165, 1.54) is 0 Å². The van der Waals surface area contributed by atoms with E-state index in [1.54, 1.807) is 7.11 Å². The molecule has 2 aromatic rings. The normalized spacial score (nSPS) is 10.1. The van der Waals surface area contributed by atoms with Gasteiger partial charge in [0.2, 0.25) is 0 Å². The number of amides is 2. The van der Waals surface area contributed by atoms with Crippen molar-refractivity contribution in [3.8, 4) is 5.75 Å². The maximum Gasteiger partial charge on any atom is 0.319 e. The van der Waals surface area contributed by atoms with Crippen molar-refractivity contribution in [3.63, 3.8) is 0 Å². The predicted molar refractivity (Wildman–Crippen MR) is 80.1 cm³/mol. The van der Waals surface area contributed by atoms with Crippen LogP contribution in [0.4, 0.5) is 19.3 Å². The van der Waals surface area contributed by atoms with Crippen LogP contribution in [0.5, 0.6) is 5.75 Å². The van der Waals surface area contributed by atoms with Crippen LogP contribution in [0.25, 0.3) is 0 Å². The van der Waals surface area contributed by atoms with Gasteiger partial charge in [-0.1, -0.05) is 18.2 Å². The van der Waals surface area contributed by atoms with Crippen molar-refractivity contribution in [1.29, 1.82) is 0 Å². The highest BCUT2D eigenvalue weighted by molar-refractivity contribution is 5.89. The number of anilines is 1. The number of carbonyl (C=O) groups is 1. The van der Waals surface area contributed by atoms with Gasteiger partial charge in [0.15, 0.2) is 0 Å². The Bertz CT molecular complexity index is 642. The molecule has 0 saturated heterocycles. The van der Waals surface area contributed by atoms with E-state index < -0.39 is 17.7 Å². The molecule has 0 aromatic heterocycles. The zero-order valence-corrected chi connectivity index (χ0v) is 12.0. The minimum absolute atomic E-state index is 0.0623. The molecule has 2 rings (SSSR count). The summed E-state index contributed by atoms with van der Waals surface area (Å²) in [4.78, 5) is 11.7. The van der Waals surface area contributed by atoms with Crippen molar-refractivity contribution in [2.45, 2.75) is 6.42 Å². The summed E-state index contributed by atoms with van der Waals surface area (Å²) in [6, 6.07) is 9.79. The molecule has 0 heterocycles. The zero-order chi connectivity index (χ0) is 15.9. The van der Waals surface area contributed by atoms with Crippen molar-refractivity contribution < 1.29 is 18.3 Å².